The molecule has 2 amide bonds. The Hall–Kier alpha value is -4.93. The maximum absolute atomic E-state index is 13.5. The SMILES string of the molecule is CC(C)(C)OC(=O)N1CCCC(OC(=O)c2ccc(O)cc2)(OC(=O)c2ccc(F)cc2)CC1NC(=O)c1ccccc1. The average Bonchev–Trinajstić information content (AvgIpc) is 3.12. The molecular weight excluding hydrogens is 559 g/mol. The van der Waals surface area contributed by atoms with Gasteiger partial charge in [0.1, 0.15) is 23.3 Å². The summed E-state index contributed by atoms with van der Waals surface area (Å²) in [6.45, 7) is 5.18. The normalized spacial score (nSPS) is 18.6. The minimum Gasteiger partial charge on any atom is -0.508 e. The summed E-state index contributed by atoms with van der Waals surface area (Å²) < 4.78 is 30.9. The molecule has 1 heterocycles. The third-order valence-electron chi connectivity index (χ3n) is 6.54. The zero-order valence-electron chi connectivity index (χ0n) is 24.0. The third-order valence-corrected chi connectivity index (χ3v) is 6.54. The topological polar surface area (TPSA) is 131 Å². The average molecular weight is 593 g/mol. The van der Waals surface area contributed by atoms with Crippen LogP contribution in [0.15, 0.2) is 78.9 Å². The van der Waals surface area contributed by atoms with Crippen molar-refractivity contribution in [1.82, 2.24) is 10.2 Å². The monoisotopic (exact) mass is 592 g/mol. The molecule has 2 atom stereocenters. The third kappa shape index (κ3) is 8.31. The molecule has 1 saturated heterocycles. The van der Waals surface area contributed by atoms with Gasteiger partial charge in [-0.1, -0.05) is 18.2 Å². The Balaban J connectivity index is 1.72. The predicted molar refractivity (Wildman–Crippen MR) is 153 cm³/mol. The number of esters is 2. The van der Waals surface area contributed by atoms with Crippen molar-refractivity contribution < 1.29 is 42.9 Å². The lowest BCUT2D eigenvalue weighted by Crippen LogP contribution is -2.55. The van der Waals surface area contributed by atoms with Gasteiger partial charge in [-0.2, -0.15) is 0 Å². The Morgan fingerprint density at radius 2 is 1.42 bits per heavy atom. The molecule has 1 fully saturated rings. The van der Waals surface area contributed by atoms with Crippen molar-refractivity contribution in [2.45, 2.75) is 57.6 Å². The number of phenols is 1. The van der Waals surface area contributed by atoms with E-state index in [9.17, 15) is 28.7 Å². The number of halogens is 1. The van der Waals surface area contributed by atoms with Crippen LogP contribution in [0.4, 0.5) is 9.18 Å². The highest BCUT2D eigenvalue weighted by molar-refractivity contribution is 5.94. The van der Waals surface area contributed by atoms with E-state index in [0.717, 1.165) is 12.1 Å². The first-order valence-corrected chi connectivity index (χ1v) is 13.7. The molecule has 0 spiro atoms. The fraction of sp³-hybridized carbons (Fsp3) is 0.312. The van der Waals surface area contributed by atoms with Gasteiger partial charge in [0, 0.05) is 18.5 Å². The first-order valence-electron chi connectivity index (χ1n) is 13.7. The van der Waals surface area contributed by atoms with Crippen molar-refractivity contribution in [3.8, 4) is 5.75 Å². The van der Waals surface area contributed by atoms with E-state index in [4.69, 9.17) is 14.2 Å². The summed E-state index contributed by atoms with van der Waals surface area (Å²) in [4.78, 5) is 54.5. The van der Waals surface area contributed by atoms with Crippen LogP contribution in [0.3, 0.4) is 0 Å². The molecule has 4 rings (SSSR count). The van der Waals surface area contributed by atoms with Crippen molar-refractivity contribution in [3.63, 3.8) is 0 Å². The van der Waals surface area contributed by atoms with Crippen LogP contribution in [0.1, 0.15) is 71.1 Å². The number of ether oxygens (including phenoxy) is 3. The molecule has 226 valence electrons. The number of phenolic OH excluding ortho intramolecular Hbond substituents is 1. The van der Waals surface area contributed by atoms with Crippen molar-refractivity contribution in [2.75, 3.05) is 6.54 Å². The van der Waals surface area contributed by atoms with Crippen LogP contribution in [0, 0.1) is 5.82 Å². The van der Waals surface area contributed by atoms with E-state index in [2.05, 4.69) is 5.32 Å². The molecule has 2 N–H and O–H groups in total. The van der Waals surface area contributed by atoms with Gasteiger partial charge in [0.2, 0.25) is 0 Å². The molecule has 0 saturated carbocycles. The number of hydrogen-bond donors (Lipinski definition) is 2. The first kappa shape index (κ1) is 31.0. The lowest BCUT2D eigenvalue weighted by molar-refractivity contribution is -0.180. The molecule has 11 heteroatoms. The van der Waals surface area contributed by atoms with Gasteiger partial charge in [-0.25, -0.2) is 18.8 Å². The molecule has 0 aromatic heterocycles. The van der Waals surface area contributed by atoms with Gasteiger partial charge in [-0.05, 0) is 87.9 Å². The van der Waals surface area contributed by atoms with Crippen molar-refractivity contribution in [2.24, 2.45) is 0 Å². The van der Waals surface area contributed by atoms with Crippen molar-refractivity contribution in [3.05, 3.63) is 101 Å². The van der Waals surface area contributed by atoms with Gasteiger partial charge in [-0.3, -0.25) is 9.69 Å². The first-order chi connectivity index (χ1) is 20.3. The molecule has 0 bridgehead atoms. The highest BCUT2D eigenvalue weighted by Crippen LogP contribution is 2.34. The molecule has 1 aliphatic heterocycles. The lowest BCUT2D eigenvalue weighted by Gasteiger charge is -2.36. The maximum Gasteiger partial charge on any atom is 0.411 e. The van der Waals surface area contributed by atoms with Crippen LogP contribution in [-0.4, -0.2) is 58.0 Å². The van der Waals surface area contributed by atoms with Crippen LogP contribution in [0.5, 0.6) is 5.75 Å². The summed E-state index contributed by atoms with van der Waals surface area (Å²) in [7, 11) is 0. The van der Waals surface area contributed by atoms with Crippen LogP contribution >= 0.6 is 0 Å². The molecule has 1 aliphatic rings. The van der Waals surface area contributed by atoms with Crippen molar-refractivity contribution in [1.29, 1.82) is 0 Å². The Bertz CT molecular complexity index is 1390. The van der Waals surface area contributed by atoms with Gasteiger partial charge in [0.25, 0.3) is 11.7 Å². The van der Waals surface area contributed by atoms with Crippen molar-refractivity contribution >= 4 is 23.9 Å². The number of carbonyl (C=O) groups excluding carboxylic acids is 4. The Labute approximate surface area is 248 Å². The van der Waals surface area contributed by atoms with Crippen LogP contribution in [0.25, 0.3) is 0 Å². The lowest BCUT2D eigenvalue weighted by atomic mass is 10.0. The van der Waals surface area contributed by atoms with E-state index in [-0.39, 0.29) is 42.7 Å². The van der Waals surface area contributed by atoms with Gasteiger partial charge >= 0.3 is 18.0 Å². The van der Waals surface area contributed by atoms with Crippen LogP contribution in [-0.2, 0) is 14.2 Å². The van der Waals surface area contributed by atoms with Gasteiger partial charge in [-0.15, -0.1) is 0 Å². The molecule has 2 unspecified atom stereocenters. The molecule has 10 nitrogen and oxygen atoms in total. The van der Waals surface area contributed by atoms with Gasteiger partial charge in [0.05, 0.1) is 17.5 Å². The molecule has 0 aliphatic carbocycles. The summed E-state index contributed by atoms with van der Waals surface area (Å²) in [5.74, 6) is -4.89. The van der Waals surface area contributed by atoms with Crippen LogP contribution in [0.2, 0.25) is 0 Å². The van der Waals surface area contributed by atoms with E-state index in [1.807, 2.05) is 0 Å². The summed E-state index contributed by atoms with van der Waals surface area (Å²) in [5.41, 5.74) is -0.479. The second kappa shape index (κ2) is 12.9. The van der Waals surface area contributed by atoms with E-state index >= 15 is 0 Å². The minimum atomic E-state index is -1.97. The second-order valence-corrected chi connectivity index (χ2v) is 11.1. The largest absolute Gasteiger partial charge is 0.508 e. The number of carbonyl (C=O) groups is 4. The fourth-order valence-electron chi connectivity index (χ4n) is 4.52. The summed E-state index contributed by atoms with van der Waals surface area (Å²) in [5, 5.41) is 12.5. The number of nitrogens with zero attached hydrogens (tertiary/aromatic N) is 1. The number of amides is 2. The summed E-state index contributed by atoms with van der Waals surface area (Å²) in [6, 6.07) is 18.2. The number of likely N-dealkylation sites (tertiary alicyclic amines) is 1. The Morgan fingerprint density at radius 3 is 1.98 bits per heavy atom. The highest BCUT2D eigenvalue weighted by atomic mass is 19.1. The standard InChI is InChI=1S/C32H33FN2O8/c1-31(2,3)43-30(40)35-19-7-18-32(41-28(38)22-10-14-24(33)15-11-22,42-29(39)23-12-16-25(36)17-13-23)20-26(35)34-27(37)21-8-5-4-6-9-21/h4-6,8-17,26,36H,7,18-20H2,1-3H3,(H,34,37). The zero-order valence-corrected chi connectivity index (χ0v) is 24.0. The van der Waals surface area contributed by atoms with Gasteiger partial charge in [0.15, 0.2) is 0 Å². The minimum absolute atomic E-state index is 0.000395. The number of aromatic hydroxyl groups is 1. The quantitative estimate of drug-likeness (QED) is 0.287. The Morgan fingerprint density at radius 1 is 0.860 bits per heavy atom. The number of nitrogens with one attached hydrogen (secondary N) is 1. The fourth-order valence-corrected chi connectivity index (χ4v) is 4.52. The van der Waals surface area contributed by atoms with E-state index in [1.165, 1.54) is 41.3 Å². The number of hydrogen-bond acceptors (Lipinski definition) is 8. The summed E-state index contributed by atoms with van der Waals surface area (Å²) >= 11 is 0. The molecule has 43 heavy (non-hydrogen) atoms. The predicted octanol–water partition coefficient (Wildman–Crippen LogP) is 5.42. The molecular formula is C32H33FN2O8. The number of rotatable bonds is 6. The molecule has 3 aromatic rings. The van der Waals surface area contributed by atoms with Gasteiger partial charge < -0.3 is 24.6 Å². The van der Waals surface area contributed by atoms with Crippen LogP contribution < -0.4 is 5.32 Å². The number of benzene rings is 3. The maximum atomic E-state index is 13.5. The smallest absolute Gasteiger partial charge is 0.411 e. The zero-order chi connectivity index (χ0) is 31.2. The molecule has 0 radical (unpaired) electrons. The Kier molecular flexibility index (Phi) is 9.33. The van der Waals surface area contributed by atoms with E-state index in [0.29, 0.717) is 5.56 Å². The molecule has 3 aromatic carbocycles. The van der Waals surface area contributed by atoms with E-state index < -0.39 is 47.3 Å². The summed E-state index contributed by atoms with van der Waals surface area (Å²) in [6.07, 6.45) is -2.06. The van der Waals surface area contributed by atoms with E-state index in [1.54, 1.807) is 51.1 Å². The second-order valence-electron chi connectivity index (χ2n) is 11.1. The highest BCUT2D eigenvalue weighted by Gasteiger charge is 2.47.